The Morgan fingerprint density at radius 3 is 2.72 bits per heavy atom. The molecule has 1 aromatic carbocycles. The van der Waals surface area contributed by atoms with Gasteiger partial charge in [-0.05, 0) is 38.5 Å². The van der Waals surface area contributed by atoms with Crippen molar-refractivity contribution in [2.45, 2.75) is 33.4 Å². The Morgan fingerprint density at radius 2 is 2.12 bits per heavy atom. The van der Waals surface area contributed by atoms with E-state index in [4.69, 9.17) is 16.0 Å². The van der Waals surface area contributed by atoms with Gasteiger partial charge < -0.3 is 19.4 Å². The van der Waals surface area contributed by atoms with Gasteiger partial charge in [0.25, 0.3) is 0 Å². The molecule has 0 radical (unpaired) electrons. The van der Waals surface area contributed by atoms with Gasteiger partial charge in [0.05, 0.1) is 13.7 Å². The molecule has 0 spiro atoms. The van der Waals surface area contributed by atoms with E-state index in [1.807, 2.05) is 26.8 Å². The lowest BCUT2D eigenvalue weighted by Gasteiger charge is -2.25. The number of nitrogens with one attached hydrogen (secondary N) is 1. The van der Waals surface area contributed by atoms with E-state index in [9.17, 15) is 9.59 Å². The zero-order valence-corrected chi connectivity index (χ0v) is 15.3. The van der Waals surface area contributed by atoms with Gasteiger partial charge in [-0.3, -0.25) is 0 Å². The summed E-state index contributed by atoms with van der Waals surface area (Å²) < 4.78 is 9.83. The number of benzene rings is 1. The Morgan fingerprint density at radius 1 is 1.40 bits per heavy atom. The second-order valence-electron chi connectivity index (χ2n) is 5.73. The summed E-state index contributed by atoms with van der Waals surface area (Å²) >= 11 is 6.08. The second kappa shape index (κ2) is 8.02. The maximum Gasteiger partial charge on any atom is 0.360 e. The zero-order valence-electron chi connectivity index (χ0n) is 14.5. The van der Waals surface area contributed by atoms with Gasteiger partial charge in [0.1, 0.15) is 6.26 Å². The number of ether oxygens (including phenoxy) is 1. The van der Waals surface area contributed by atoms with Crippen LogP contribution >= 0.6 is 11.6 Å². The van der Waals surface area contributed by atoms with Crippen LogP contribution in [0.5, 0.6) is 0 Å². The number of aryl methyl sites for hydroxylation is 1. The second-order valence-corrected chi connectivity index (χ2v) is 6.14. The Kier molecular flexibility index (Phi) is 6.03. The van der Waals surface area contributed by atoms with Crippen molar-refractivity contribution in [2.24, 2.45) is 0 Å². The number of halogens is 1. The lowest BCUT2D eigenvalue weighted by atomic mass is 10.2. The summed E-state index contributed by atoms with van der Waals surface area (Å²) in [6.07, 6.45) is 1.21. The lowest BCUT2D eigenvalue weighted by Crippen LogP contribution is -2.39. The number of nitrogens with zero attached hydrogens (tertiary/aromatic N) is 2. The largest absolute Gasteiger partial charge is 0.464 e. The predicted octanol–water partition coefficient (Wildman–Crippen LogP) is 3.87. The van der Waals surface area contributed by atoms with Gasteiger partial charge >= 0.3 is 12.0 Å². The van der Waals surface area contributed by atoms with Crippen molar-refractivity contribution in [1.82, 2.24) is 9.88 Å². The van der Waals surface area contributed by atoms with E-state index in [2.05, 4.69) is 15.0 Å². The van der Waals surface area contributed by atoms with Crippen molar-refractivity contribution in [2.75, 3.05) is 12.4 Å². The van der Waals surface area contributed by atoms with Crippen molar-refractivity contribution in [3.8, 4) is 0 Å². The van der Waals surface area contributed by atoms with Crippen LogP contribution in [-0.2, 0) is 11.3 Å². The third-order valence-electron chi connectivity index (χ3n) is 3.56. The Balaban J connectivity index is 2.11. The number of rotatable bonds is 5. The van der Waals surface area contributed by atoms with E-state index < -0.39 is 5.97 Å². The highest BCUT2D eigenvalue weighted by Gasteiger charge is 2.21. The van der Waals surface area contributed by atoms with Crippen molar-refractivity contribution >= 4 is 29.3 Å². The molecular weight excluding hydrogens is 346 g/mol. The fourth-order valence-electron chi connectivity index (χ4n) is 2.08. The monoisotopic (exact) mass is 365 g/mol. The molecule has 2 amide bonds. The molecule has 0 aliphatic carbocycles. The van der Waals surface area contributed by atoms with Crippen LogP contribution in [0.15, 0.2) is 28.9 Å². The quantitative estimate of drug-likeness (QED) is 0.813. The van der Waals surface area contributed by atoms with E-state index in [0.29, 0.717) is 10.7 Å². The fraction of sp³-hybridized carbons (Fsp3) is 0.353. The zero-order chi connectivity index (χ0) is 18.6. The molecule has 2 rings (SSSR count). The SMILES string of the molecule is COC(=O)c1coc(CN(C(=O)Nc2ccc(C)c(Cl)c2)C(C)C)n1. The molecule has 1 heterocycles. The Hall–Kier alpha value is -2.54. The van der Waals surface area contributed by atoms with Crippen molar-refractivity contribution < 1.29 is 18.7 Å². The molecule has 7 nitrogen and oxygen atoms in total. The maximum absolute atomic E-state index is 12.6. The molecule has 0 aliphatic heterocycles. The number of hydrogen-bond donors (Lipinski definition) is 1. The Labute approximate surface area is 150 Å². The van der Waals surface area contributed by atoms with Crippen LogP contribution in [0.3, 0.4) is 0 Å². The average Bonchev–Trinajstić information content (AvgIpc) is 3.03. The predicted molar refractivity (Wildman–Crippen MR) is 93.7 cm³/mol. The van der Waals surface area contributed by atoms with E-state index >= 15 is 0 Å². The highest BCUT2D eigenvalue weighted by Crippen LogP contribution is 2.21. The first-order chi connectivity index (χ1) is 11.8. The number of methoxy groups -OCH3 is 1. The first-order valence-corrected chi connectivity index (χ1v) is 8.06. The minimum atomic E-state index is -0.593. The number of urea groups is 1. The summed E-state index contributed by atoms with van der Waals surface area (Å²) in [4.78, 5) is 29.6. The Bertz CT molecular complexity index is 773. The molecule has 25 heavy (non-hydrogen) atoms. The summed E-state index contributed by atoms with van der Waals surface area (Å²) in [6, 6.07) is 4.85. The number of amides is 2. The van der Waals surface area contributed by atoms with Gasteiger partial charge in [0.2, 0.25) is 5.89 Å². The maximum atomic E-state index is 12.6. The minimum absolute atomic E-state index is 0.0620. The molecule has 0 unspecified atom stereocenters. The van der Waals surface area contributed by atoms with Crippen LogP contribution in [0.1, 0.15) is 35.8 Å². The van der Waals surface area contributed by atoms with Crippen LogP contribution in [0.25, 0.3) is 0 Å². The number of anilines is 1. The van der Waals surface area contributed by atoms with Gasteiger partial charge in [0, 0.05) is 16.8 Å². The van der Waals surface area contributed by atoms with Gasteiger partial charge in [-0.1, -0.05) is 17.7 Å². The third kappa shape index (κ3) is 4.73. The number of carbonyl (C=O) groups is 2. The van der Waals surface area contributed by atoms with E-state index in [-0.39, 0.29) is 30.2 Å². The number of carbonyl (C=O) groups excluding carboxylic acids is 2. The van der Waals surface area contributed by atoms with Crippen LogP contribution in [0.2, 0.25) is 5.02 Å². The standard InChI is InChI=1S/C17H20ClN3O4/c1-10(2)21(8-15-20-14(9-25-15)16(22)24-4)17(23)19-12-6-5-11(3)13(18)7-12/h5-7,9-10H,8H2,1-4H3,(H,19,23). The molecule has 1 aromatic heterocycles. The van der Waals surface area contributed by atoms with E-state index in [0.717, 1.165) is 5.56 Å². The third-order valence-corrected chi connectivity index (χ3v) is 3.97. The summed E-state index contributed by atoms with van der Waals surface area (Å²) in [6.45, 7) is 5.73. The number of esters is 1. The molecule has 0 aliphatic rings. The highest BCUT2D eigenvalue weighted by atomic mass is 35.5. The van der Waals surface area contributed by atoms with Crippen LogP contribution < -0.4 is 5.32 Å². The molecule has 0 fully saturated rings. The van der Waals surface area contributed by atoms with Crippen molar-refractivity contribution in [1.29, 1.82) is 0 Å². The van der Waals surface area contributed by atoms with Crippen molar-refractivity contribution in [3.05, 3.63) is 46.6 Å². The molecule has 0 saturated heterocycles. The molecule has 0 atom stereocenters. The summed E-state index contributed by atoms with van der Waals surface area (Å²) in [7, 11) is 1.26. The topological polar surface area (TPSA) is 84.7 Å². The van der Waals surface area contributed by atoms with Gasteiger partial charge in [-0.25, -0.2) is 14.6 Å². The number of oxazole rings is 1. The van der Waals surface area contributed by atoms with Gasteiger partial charge in [-0.15, -0.1) is 0 Å². The van der Waals surface area contributed by atoms with Crippen molar-refractivity contribution in [3.63, 3.8) is 0 Å². The van der Waals surface area contributed by atoms with E-state index in [1.165, 1.54) is 18.3 Å². The fourth-order valence-corrected chi connectivity index (χ4v) is 2.26. The van der Waals surface area contributed by atoms with Gasteiger partial charge in [0.15, 0.2) is 5.69 Å². The normalized spacial score (nSPS) is 10.6. The van der Waals surface area contributed by atoms with Gasteiger partial charge in [-0.2, -0.15) is 0 Å². The van der Waals surface area contributed by atoms with Crippen LogP contribution in [0, 0.1) is 6.92 Å². The lowest BCUT2D eigenvalue weighted by molar-refractivity contribution is 0.0594. The molecule has 134 valence electrons. The molecule has 0 bridgehead atoms. The molecule has 0 saturated carbocycles. The number of aromatic nitrogens is 1. The number of hydrogen-bond acceptors (Lipinski definition) is 5. The first-order valence-electron chi connectivity index (χ1n) is 7.68. The van der Waals surface area contributed by atoms with E-state index in [1.54, 1.807) is 12.1 Å². The smallest absolute Gasteiger partial charge is 0.360 e. The average molecular weight is 366 g/mol. The summed E-state index contributed by atoms with van der Waals surface area (Å²) in [5, 5.41) is 3.37. The molecular formula is C17H20ClN3O4. The molecule has 2 aromatic rings. The highest BCUT2D eigenvalue weighted by molar-refractivity contribution is 6.31. The summed E-state index contributed by atoms with van der Waals surface area (Å²) in [5.41, 5.74) is 1.58. The molecule has 1 N–H and O–H groups in total. The van der Waals surface area contributed by atoms with Crippen LogP contribution in [-0.4, -0.2) is 35.0 Å². The first kappa shape index (κ1) is 18.8. The minimum Gasteiger partial charge on any atom is -0.464 e. The summed E-state index contributed by atoms with van der Waals surface area (Å²) in [5.74, 6) is -0.351. The molecule has 8 heteroatoms. The van der Waals surface area contributed by atoms with Crippen LogP contribution in [0.4, 0.5) is 10.5 Å².